The second-order valence-corrected chi connectivity index (χ2v) is 6.06. The van der Waals surface area contributed by atoms with Gasteiger partial charge in [-0.15, -0.1) is 0 Å². The third-order valence-electron chi connectivity index (χ3n) is 4.17. The Morgan fingerprint density at radius 1 is 1.06 bits per heavy atom. The molecule has 0 aromatic carbocycles. The summed E-state index contributed by atoms with van der Waals surface area (Å²) in [6, 6.07) is 0. The van der Waals surface area contributed by atoms with Crippen LogP contribution in [0.15, 0.2) is 0 Å². The van der Waals surface area contributed by atoms with E-state index in [4.69, 9.17) is 0 Å². The molecule has 0 bridgehead atoms. The monoisotopic (exact) mass is 227 g/mol. The van der Waals surface area contributed by atoms with Crippen LogP contribution in [0.1, 0.15) is 58.8 Å². The highest BCUT2D eigenvalue weighted by Crippen LogP contribution is 2.36. The Balaban J connectivity index is 2.76. The first-order chi connectivity index (χ1) is 7.49. The average molecular weight is 227 g/mol. The van der Waals surface area contributed by atoms with Crippen molar-refractivity contribution in [3.05, 3.63) is 0 Å². The topological polar surface area (TPSA) is 23.5 Å². The van der Waals surface area contributed by atoms with Gasteiger partial charge in [0, 0.05) is 5.54 Å². The molecule has 1 aliphatic rings. The molecule has 1 N–H and O–H groups in total. The molecule has 1 aliphatic carbocycles. The van der Waals surface area contributed by atoms with Crippen molar-refractivity contribution >= 4 is 0 Å². The lowest BCUT2D eigenvalue weighted by Crippen LogP contribution is -2.53. The Kier molecular flexibility index (Phi) is 5.26. The summed E-state index contributed by atoms with van der Waals surface area (Å²) in [6.07, 6.45) is 8.30. The van der Waals surface area contributed by atoms with Crippen molar-refractivity contribution in [3.63, 3.8) is 0 Å². The zero-order valence-electron chi connectivity index (χ0n) is 11.5. The molecule has 1 fully saturated rings. The lowest BCUT2D eigenvalue weighted by atomic mass is 9.80. The van der Waals surface area contributed by atoms with Crippen LogP contribution in [-0.2, 0) is 0 Å². The third kappa shape index (κ3) is 3.21. The first kappa shape index (κ1) is 14.0. The minimum Gasteiger partial charge on any atom is -0.391 e. The van der Waals surface area contributed by atoms with Gasteiger partial charge in [-0.25, -0.2) is 0 Å². The van der Waals surface area contributed by atoms with Crippen LogP contribution in [0, 0.1) is 5.92 Å². The normalized spacial score (nSPS) is 23.4. The fourth-order valence-electron chi connectivity index (χ4n) is 3.09. The maximum Gasteiger partial charge on any atom is 0.0726 e. The molecule has 2 heteroatoms. The van der Waals surface area contributed by atoms with E-state index in [0.717, 1.165) is 19.3 Å². The molecule has 1 saturated carbocycles. The Morgan fingerprint density at radius 2 is 1.56 bits per heavy atom. The predicted molar refractivity (Wildman–Crippen MR) is 69.6 cm³/mol. The van der Waals surface area contributed by atoms with Crippen molar-refractivity contribution in [2.45, 2.75) is 70.4 Å². The molecule has 0 spiro atoms. The van der Waals surface area contributed by atoms with Gasteiger partial charge in [-0.2, -0.15) is 0 Å². The molecule has 0 aromatic rings. The van der Waals surface area contributed by atoms with E-state index in [-0.39, 0.29) is 11.6 Å². The summed E-state index contributed by atoms with van der Waals surface area (Å²) in [5, 5.41) is 10.5. The predicted octanol–water partition coefficient (Wildman–Crippen LogP) is 3.05. The molecule has 2 nitrogen and oxygen atoms in total. The van der Waals surface area contributed by atoms with Gasteiger partial charge in [0.2, 0.25) is 0 Å². The minimum atomic E-state index is -0.166. The van der Waals surface area contributed by atoms with Gasteiger partial charge in [0.15, 0.2) is 0 Å². The number of likely N-dealkylation sites (N-methyl/N-ethyl adjacent to an activating group) is 1. The number of rotatable bonds is 4. The second kappa shape index (κ2) is 6.02. The summed E-state index contributed by atoms with van der Waals surface area (Å²) in [5.74, 6) is 0.579. The zero-order chi connectivity index (χ0) is 12.2. The molecular weight excluding hydrogens is 198 g/mol. The Labute approximate surface area is 101 Å². The van der Waals surface area contributed by atoms with Crippen LogP contribution >= 0.6 is 0 Å². The molecule has 0 heterocycles. The van der Waals surface area contributed by atoms with Crippen molar-refractivity contribution in [2.75, 3.05) is 14.1 Å². The molecule has 0 radical (unpaired) electrons. The quantitative estimate of drug-likeness (QED) is 0.746. The summed E-state index contributed by atoms with van der Waals surface area (Å²) in [4.78, 5) is 2.28. The van der Waals surface area contributed by atoms with Gasteiger partial charge >= 0.3 is 0 Å². The maximum absolute atomic E-state index is 10.5. The molecule has 0 amide bonds. The minimum absolute atomic E-state index is 0.0424. The molecule has 0 saturated heterocycles. The van der Waals surface area contributed by atoms with Crippen LogP contribution in [-0.4, -0.2) is 35.7 Å². The highest BCUT2D eigenvalue weighted by molar-refractivity contribution is 4.96. The molecule has 96 valence electrons. The van der Waals surface area contributed by atoms with Gasteiger partial charge in [-0.3, -0.25) is 0 Å². The molecule has 1 unspecified atom stereocenters. The van der Waals surface area contributed by atoms with Crippen LogP contribution in [0.5, 0.6) is 0 Å². The summed E-state index contributed by atoms with van der Waals surface area (Å²) >= 11 is 0. The van der Waals surface area contributed by atoms with Gasteiger partial charge in [0.05, 0.1) is 6.10 Å². The van der Waals surface area contributed by atoms with E-state index in [1.54, 1.807) is 0 Å². The van der Waals surface area contributed by atoms with Crippen LogP contribution in [0.3, 0.4) is 0 Å². The average Bonchev–Trinajstić information content (AvgIpc) is 2.42. The first-order valence-corrected chi connectivity index (χ1v) is 6.84. The lowest BCUT2D eigenvalue weighted by Gasteiger charge is -2.44. The summed E-state index contributed by atoms with van der Waals surface area (Å²) < 4.78 is 0. The summed E-state index contributed by atoms with van der Waals surface area (Å²) in [7, 11) is 4.27. The Morgan fingerprint density at radius 3 is 1.94 bits per heavy atom. The largest absolute Gasteiger partial charge is 0.391 e. The Hall–Kier alpha value is -0.0800. The molecule has 0 aromatic heterocycles. The van der Waals surface area contributed by atoms with Gasteiger partial charge in [0.25, 0.3) is 0 Å². The third-order valence-corrected chi connectivity index (χ3v) is 4.17. The van der Waals surface area contributed by atoms with Crippen molar-refractivity contribution in [3.8, 4) is 0 Å². The van der Waals surface area contributed by atoms with E-state index >= 15 is 0 Å². The second-order valence-electron chi connectivity index (χ2n) is 6.06. The van der Waals surface area contributed by atoms with Crippen molar-refractivity contribution in [1.82, 2.24) is 4.90 Å². The Bertz CT molecular complexity index is 193. The van der Waals surface area contributed by atoms with Gasteiger partial charge < -0.3 is 10.0 Å². The van der Waals surface area contributed by atoms with Crippen molar-refractivity contribution in [1.29, 1.82) is 0 Å². The smallest absolute Gasteiger partial charge is 0.0726 e. The van der Waals surface area contributed by atoms with E-state index in [2.05, 4.69) is 32.8 Å². The van der Waals surface area contributed by atoms with Crippen molar-refractivity contribution in [2.24, 2.45) is 5.92 Å². The molecular formula is C14H29NO. The van der Waals surface area contributed by atoms with Crippen LogP contribution in [0.4, 0.5) is 0 Å². The fraction of sp³-hybridized carbons (Fsp3) is 1.00. The maximum atomic E-state index is 10.5. The lowest BCUT2D eigenvalue weighted by molar-refractivity contribution is -0.0283. The number of hydrogen-bond acceptors (Lipinski definition) is 2. The number of aliphatic hydroxyl groups excluding tert-OH is 1. The van der Waals surface area contributed by atoms with Gasteiger partial charge in [-0.1, -0.05) is 39.5 Å². The molecule has 1 rings (SSSR count). The molecule has 16 heavy (non-hydrogen) atoms. The first-order valence-electron chi connectivity index (χ1n) is 6.84. The zero-order valence-corrected chi connectivity index (χ0v) is 11.5. The summed E-state index contributed by atoms with van der Waals surface area (Å²) in [5.41, 5.74) is 0.0424. The van der Waals surface area contributed by atoms with Gasteiger partial charge in [-0.05, 0) is 39.3 Å². The van der Waals surface area contributed by atoms with Crippen LogP contribution in [0.25, 0.3) is 0 Å². The highest BCUT2D eigenvalue weighted by atomic mass is 16.3. The van der Waals surface area contributed by atoms with Gasteiger partial charge in [0.1, 0.15) is 0 Å². The van der Waals surface area contributed by atoms with E-state index in [0.29, 0.717) is 5.92 Å². The SMILES string of the molecule is CC(C)CC(O)C1(N(C)C)CCCCCC1. The van der Waals surface area contributed by atoms with Crippen molar-refractivity contribution < 1.29 is 5.11 Å². The van der Waals surface area contributed by atoms with Crippen LogP contribution in [0.2, 0.25) is 0 Å². The van der Waals surface area contributed by atoms with E-state index in [1.165, 1.54) is 25.7 Å². The standard InChI is InChI=1S/C14H29NO/c1-12(2)11-13(16)14(15(3)4)9-7-5-6-8-10-14/h12-13,16H,5-11H2,1-4H3. The molecule has 1 atom stereocenters. The number of nitrogens with zero attached hydrogens (tertiary/aromatic N) is 1. The molecule has 0 aliphatic heterocycles. The van der Waals surface area contributed by atoms with E-state index in [1.807, 2.05) is 0 Å². The highest BCUT2D eigenvalue weighted by Gasteiger charge is 2.39. The number of hydrogen-bond donors (Lipinski definition) is 1. The number of aliphatic hydroxyl groups is 1. The fourth-order valence-corrected chi connectivity index (χ4v) is 3.09. The van der Waals surface area contributed by atoms with E-state index in [9.17, 15) is 5.11 Å². The van der Waals surface area contributed by atoms with Crippen LogP contribution < -0.4 is 0 Å². The summed E-state index contributed by atoms with van der Waals surface area (Å²) in [6.45, 7) is 4.40. The van der Waals surface area contributed by atoms with E-state index < -0.39 is 0 Å².